The molecule has 0 aromatic carbocycles. The van der Waals surface area contributed by atoms with Crippen molar-refractivity contribution in [2.75, 3.05) is 6.54 Å². The van der Waals surface area contributed by atoms with Gasteiger partial charge in [0, 0.05) is 6.20 Å². The molecule has 0 spiro atoms. The van der Waals surface area contributed by atoms with Gasteiger partial charge in [-0.15, -0.1) is 0 Å². The molecular weight excluding hydrogens is 188 g/mol. The number of hydrogen-bond acceptors (Lipinski definition) is 3. The zero-order chi connectivity index (χ0) is 10.7. The van der Waals surface area contributed by atoms with E-state index in [1.165, 1.54) is 19.3 Å². The van der Waals surface area contributed by atoms with Gasteiger partial charge in [0.2, 0.25) is 0 Å². The Hall–Kier alpha value is -1.34. The van der Waals surface area contributed by atoms with Gasteiger partial charge in [-0.1, -0.05) is 12.8 Å². The molecule has 2 unspecified atom stereocenters. The summed E-state index contributed by atoms with van der Waals surface area (Å²) in [6.45, 7) is 0.715. The third-order valence-corrected chi connectivity index (χ3v) is 3.24. The molecule has 0 aliphatic heterocycles. The first kappa shape index (κ1) is 10.2. The molecule has 0 bridgehead atoms. The number of hydrogen-bond donors (Lipinski definition) is 1. The smallest absolute Gasteiger partial charge is 0.102 e. The lowest BCUT2D eigenvalue weighted by molar-refractivity contribution is 0.229. The Balaban J connectivity index is 2.17. The normalized spacial score (nSPS) is 26.1. The Bertz CT molecular complexity index is 363. The summed E-state index contributed by atoms with van der Waals surface area (Å²) in [6, 6.07) is 2.50. The van der Waals surface area contributed by atoms with Crippen LogP contribution >= 0.6 is 0 Å². The zero-order valence-corrected chi connectivity index (χ0v) is 8.76. The van der Waals surface area contributed by atoms with Crippen LogP contribution in [-0.2, 0) is 0 Å². The highest BCUT2D eigenvalue weighted by atomic mass is 15.3. The summed E-state index contributed by atoms with van der Waals surface area (Å²) in [5.41, 5.74) is 6.40. The third-order valence-electron chi connectivity index (χ3n) is 3.24. The minimum Gasteiger partial charge on any atom is -0.330 e. The highest BCUT2D eigenvalue weighted by Crippen LogP contribution is 2.32. The highest BCUT2D eigenvalue weighted by Gasteiger charge is 2.25. The lowest BCUT2D eigenvalue weighted by Gasteiger charge is -2.30. The predicted molar refractivity (Wildman–Crippen MR) is 57.0 cm³/mol. The number of nitrogens with zero attached hydrogens (tertiary/aromatic N) is 3. The SMILES string of the molecule is N#Cc1cnn(C2CCCCC2CN)c1. The van der Waals surface area contributed by atoms with Crippen molar-refractivity contribution in [3.05, 3.63) is 18.0 Å². The minimum atomic E-state index is 0.394. The fraction of sp³-hybridized carbons (Fsp3) is 0.636. The molecule has 1 aromatic rings. The van der Waals surface area contributed by atoms with Gasteiger partial charge >= 0.3 is 0 Å². The molecule has 1 saturated carbocycles. The van der Waals surface area contributed by atoms with Gasteiger partial charge in [-0.05, 0) is 25.3 Å². The molecule has 1 aliphatic carbocycles. The highest BCUT2D eigenvalue weighted by molar-refractivity contribution is 5.22. The molecule has 15 heavy (non-hydrogen) atoms. The topological polar surface area (TPSA) is 67.6 Å². The molecule has 1 heterocycles. The van der Waals surface area contributed by atoms with Crippen molar-refractivity contribution in [1.29, 1.82) is 5.26 Å². The van der Waals surface area contributed by atoms with Crippen LogP contribution in [0.4, 0.5) is 0 Å². The Morgan fingerprint density at radius 2 is 2.33 bits per heavy atom. The maximum absolute atomic E-state index is 8.74. The second-order valence-electron chi connectivity index (χ2n) is 4.17. The van der Waals surface area contributed by atoms with E-state index in [4.69, 9.17) is 11.0 Å². The van der Waals surface area contributed by atoms with Gasteiger partial charge in [0.25, 0.3) is 0 Å². The second-order valence-corrected chi connectivity index (χ2v) is 4.17. The number of nitriles is 1. The second kappa shape index (κ2) is 4.45. The van der Waals surface area contributed by atoms with Crippen LogP contribution in [0.5, 0.6) is 0 Å². The summed E-state index contributed by atoms with van der Waals surface area (Å²) >= 11 is 0. The van der Waals surface area contributed by atoms with E-state index < -0.39 is 0 Å². The first-order chi connectivity index (χ1) is 7.35. The maximum Gasteiger partial charge on any atom is 0.102 e. The van der Waals surface area contributed by atoms with Crippen molar-refractivity contribution >= 4 is 0 Å². The third kappa shape index (κ3) is 2.02. The monoisotopic (exact) mass is 204 g/mol. The van der Waals surface area contributed by atoms with E-state index in [-0.39, 0.29) is 0 Å². The van der Waals surface area contributed by atoms with E-state index in [1.54, 1.807) is 6.20 Å². The van der Waals surface area contributed by atoms with Gasteiger partial charge in [-0.2, -0.15) is 10.4 Å². The molecule has 1 fully saturated rings. The molecule has 1 aliphatic rings. The van der Waals surface area contributed by atoms with Crippen LogP contribution in [0.15, 0.2) is 12.4 Å². The first-order valence-electron chi connectivity index (χ1n) is 5.49. The van der Waals surface area contributed by atoms with Gasteiger partial charge in [-0.25, -0.2) is 0 Å². The molecular formula is C11H16N4. The van der Waals surface area contributed by atoms with Crippen LogP contribution in [0.1, 0.15) is 37.3 Å². The Kier molecular flexibility index (Phi) is 3.02. The number of aromatic nitrogens is 2. The lowest BCUT2D eigenvalue weighted by Crippen LogP contribution is -2.29. The van der Waals surface area contributed by atoms with E-state index in [0.29, 0.717) is 24.1 Å². The Labute approximate surface area is 89.7 Å². The van der Waals surface area contributed by atoms with Crippen LogP contribution < -0.4 is 5.73 Å². The van der Waals surface area contributed by atoms with Crippen molar-refractivity contribution in [2.24, 2.45) is 11.7 Å². The average Bonchev–Trinajstić information content (AvgIpc) is 2.77. The summed E-state index contributed by atoms with van der Waals surface area (Å²) in [6.07, 6.45) is 8.28. The van der Waals surface area contributed by atoms with E-state index >= 15 is 0 Å². The van der Waals surface area contributed by atoms with Gasteiger partial charge in [0.15, 0.2) is 0 Å². The van der Waals surface area contributed by atoms with Gasteiger partial charge in [-0.3, -0.25) is 4.68 Å². The fourth-order valence-corrected chi connectivity index (χ4v) is 2.39. The van der Waals surface area contributed by atoms with Crippen molar-refractivity contribution in [3.8, 4) is 6.07 Å². The number of nitrogens with two attached hydrogens (primary N) is 1. The maximum atomic E-state index is 8.74. The average molecular weight is 204 g/mol. The molecule has 2 rings (SSSR count). The lowest BCUT2D eigenvalue weighted by atomic mass is 9.85. The van der Waals surface area contributed by atoms with Gasteiger partial charge < -0.3 is 5.73 Å². The molecule has 80 valence electrons. The molecule has 2 atom stereocenters. The largest absolute Gasteiger partial charge is 0.330 e. The summed E-state index contributed by atoms with van der Waals surface area (Å²) < 4.78 is 1.93. The fourth-order valence-electron chi connectivity index (χ4n) is 2.39. The molecule has 0 radical (unpaired) electrons. The summed E-state index contributed by atoms with van der Waals surface area (Å²) in [5.74, 6) is 0.519. The molecule has 0 amide bonds. The predicted octanol–water partition coefficient (Wildman–Crippen LogP) is 1.44. The van der Waals surface area contributed by atoms with Crippen molar-refractivity contribution in [3.63, 3.8) is 0 Å². The van der Waals surface area contributed by atoms with Gasteiger partial charge in [0.1, 0.15) is 6.07 Å². The van der Waals surface area contributed by atoms with E-state index in [9.17, 15) is 0 Å². The summed E-state index contributed by atoms with van der Waals surface area (Å²) in [4.78, 5) is 0. The first-order valence-corrected chi connectivity index (χ1v) is 5.49. The van der Waals surface area contributed by atoms with E-state index in [2.05, 4.69) is 11.2 Å². The zero-order valence-electron chi connectivity index (χ0n) is 8.76. The molecule has 2 N–H and O–H groups in total. The van der Waals surface area contributed by atoms with Crippen LogP contribution in [0, 0.1) is 17.2 Å². The van der Waals surface area contributed by atoms with Crippen LogP contribution in [0.3, 0.4) is 0 Å². The van der Waals surface area contributed by atoms with E-state index in [1.807, 2.05) is 10.9 Å². The minimum absolute atomic E-state index is 0.394. The van der Waals surface area contributed by atoms with Crippen LogP contribution in [-0.4, -0.2) is 16.3 Å². The quantitative estimate of drug-likeness (QED) is 0.792. The Morgan fingerprint density at radius 1 is 1.53 bits per heavy atom. The summed E-state index contributed by atoms with van der Waals surface area (Å²) in [5, 5.41) is 13.0. The molecule has 4 heteroatoms. The van der Waals surface area contributed by atoms with Gasteiger partial charge in [0.05, 0.1) is 17.8 Å². The summed E-state index contributed by atoms with van der Waals surface area (Å²) in [7, 11) is 0. The Morgan fingerprint density at radius 3 is 3.00 bits per heavy atom. The van der Waals surface area contributed by atoms with Crippen molar-refractivity contribution in [2.45, 2.75) is 31.7 Å². The van der Waals surface area contributed by atoms with Crippen molar-refractivity contribution < 1.29 is 0 Å². The number of rotatable bonds is 2. The van der Waals surface area contributed by atoms with Crippen LogP contribution in [0.2, 0.25) is 0 Å². The molecule has 0 saturated heterocycles. The van der Waals surface area contributed by atoms with Crippen LogP contribution in [0.25, 0.3) is 0 Å². The van der Waals surface area contributed by atoms with Crippen molar-refractivity contribution in [1.82, 2.24) is 9.78 Å². The van der Waals surface area contributed by atoms with E-state index in [0.717, 1.165) is 6.42 Å². The molecule has 4 nitrogen and oxygen atoms in total. The molecule has 1 aromatic heterocycles. The standard InChI is InChI=1S/C11H16N4/c12-5-9-7-14-15(8-9)11-4-2-1-3-10(11)6-13/h7-8,10-11H,1-4,6,13H2.